The summed E-state index contributed by atoms with van der Waals surface area (Å²) in [6, 6.07) is 19.2. The van der Waals surface area contributed by atoms with Crippen LogP contribution in [0, 0.1) is 11.6 Å². The highest BCUT2D eigenvalue weighted by molar-refractivity contribution is 6.74. The zero-order valence-corrected chi connectivity index (χ0v) is 22.6. The van der Waals surface area contributed by atoms with Crippen molar-refractivity contribution < 1.29 is 17.6 Å². The van der Waals surface area contributed by atoms with E-state index in [1.807, 2.05) is 24.3 Å². The van der Waals surface area contributed by atoms with Crippen LogP contribution in [0.25, 0.3) is 0 Å². The Balaban J connectivity index is 2.65. The van der Waals surface area contributed by atoms with Crippen molar-refractivity contribution in [1.82, 2.24) is 0 Å². The van der Waals surface area contributed by atoms with Gasteiger partial charge in [0.05, 0.1) is 12.2 Å². The summed E-state index contributed by atoms with van der Waals surface area (Å²) in [7, 11) is -4.04. The summed E-state index contributed by atoms with van der Waals surface area (Å²) in [5, 5.41) is 0. The molecule has 0 spiro atoms. The topological polar surface area (TPSA) is 18.5 Å². The molecule has 178 valence electrons. The molecule has 2 atom stereocenters. The van der Waals surface area contributed by atoms with E-state index >= 15 is 0 Å². The summed E-state index contributed by atoms with van der Waals surface area (Å²) < 4.78 is 41.7. The van der Waals surface area contributed by atoms with Crippen LogP contribution in [0.1, 0.15) is 64.9 Å². The van der Waals surface area contributed by atoms with Crippen LogP contribution in [0.5, 0.6) is 0 Å². The Morgan fingerprint density at radius 3 is 1.00 bits per heavy atom. The summed E-state index contributed by atoms with van der Waals surface area (Å²) >= 11 is 0. The van der Waals surface area contributed by atoms with Gasteiger partial charge in [-0.05, 0) is 71.7 Å². The van der Waals surface area contributed by atoms with Crippen LogP contribution in [0.4, 0.5) is 8.78 Å². The predicted octanol–water partition coefficient (Wildman–Crippen LogP) is 8.79. The molecule has 6 heteroatoms. The molecule has 2 aromatic rings. The Hall–Kier alpha value is -1.35. The fourth-order valence-electron chi connectivity index (χ4n) is 4.45. The van der Waals surface area contributed by atoms with E-state index in [4.69, 9.17) is 8.85 Å². The standard InChI is InChI=1S/C26H40F2O2Si2/c1-7-31(8-2,9-3)29-25(21-13-17-23(27)18-14-21)26(22-15-19-24(28)20-16-22)30-32(10-4,11-5)12-6/h13-20,25-26H,7-12H2,1-6H3. The second-order valence-corrected chi connectivity index (χ2v) is 18.1. The Bertz CT molecular complexity index is 718. The summed E-state index contributed by atoms with van der Waals surface area (Å²) in [4.78, 5) is 0. The predicted molar refractivity (Wildman–Crippen MR) is 135 cm³/mol. The first-order chi connectivity index (χ1) is 15.3. The van der Waals surface area contributed by atoms with Gasteiger partial charge in [0.15, 0.2) is 16.6 Å². The van der Waals surface area contributed by atoms with Crippen molar-refractivity contribution in [2.24, 2.45) is 0 Å². The van der Waals surface area contributed by atoms with Gasteiger partial charge in [-0.15, -0.1) is 0 Å². The van der Waals surface area contributed by atoms with E-state index in [2.05, 4.69) is 41.5 Å². The van der Waals surface area contributed by atoms with E-state index in [0.717, 1.165) is 47.4 Å². The maximum Gasteiger partial charge on any atom is 0.193 e. The van der Waals surface area contributed by atoms with Gasteiger partial charge in [-0.2, -0.15) is 0 Å². The Morgan fingerprint density at radius 2 is 0.781 bits per heavy atom. The zero-order valence-electron chi connectivity index (χ0n) is 20.6. The molecule has 0 N–H and O–H groups in total. The fraction of sp³-hybridized carbons (Fsp3) is 0.538. The minimum absolute atomic E-state index is 0.267. The molecule has 0 fully saturated rings. The Labute approximate surface area is 195 Å². The molecule has 0 saturated carbocycles. The lowest BCUT2D eigenvalue weighted by molar-refractivity contribution is 0.0365. The molecule has 0 aromatic heterocycles. The van der Waals surface area contributed by atoms with Crippen molar-refractivity contribution in [2.45, 2.75) is 90.0 Å². The number of halogens is 2. The van der Waals surface area contributed by atoms with E-state index in [1.165, 1.54) is 24.3 Å². The lowest BCUT2D eigenvalue weighted by Crippen LogP contribution is -2.43. The summed E-state index contributed by atoms with van der Waals surface area (Å²) in [5.41, 5.74) is 1.83. The summed E-state index contributed by atoms with van der Waals surface area (Å²) in [6.45, 7) is 13.2. The Kier molecular flexibility index (Phi) is 10.3. The van der Waals surface area contributed by atoms with Crippen LogP contribution in [-0.2, 0) is 8.85 Å². The lowest BCUT2D eigenvalue weighted by Gasteiger charge is -2.41. The molecule has 2 unspecified atom stereocenters. The van der Waals surface area contributed by atoms with Crippen molar-refractivity contribution in [1.29, 1.82) is 0 Å². The molecular weight excluding hydrogens is 438 g/mol. The van der Waals surface area contributed by atoms with Crippen molar-refractivity contribution in [2.75, 3.05) is 0 Å². The molecule has 32 heavy (non-hydrogen) atoms. The maximum absolute atomic E-state index is 13.8. The van der Waals surface area contributed by atoms with Crippen molar-refractivity contribution in [3.05, 3.63) is 71.3 Å². The molecule has 2 aromatic carbocycles. The fourth-order valence-corrected chi connectivity index (χ4v) is 10.0. The van der Waals surface area contributed by atoms with E-state index in [0.29, 0.717) is 0 Å². The van der Waals surface area contributed by atoms with Crippen molar-refractivity contribution in [3.8, 4) is 0 Å². The van der Waals surface area contributed by atoms with Crippen LogP contribution >= 0.6 is 0 Å². The van der Waals surface area contributed by atoms with Crippen LogP contribution in [-0.4, -0.2) is 16.6 Å². The first kappa shape index (κ1) is 26.9. The van der Waals surface area contributed by atoms with Crippen molar-refractivity contribution in [3.63, 3.8) is 0 Å². The van der Waals surface area contributed by atoms with Gasteiger partial charge in [-0.3, -0.25) is 0 Å². The van der Waals surface area contributed by atoms with E-state index in [-0.39, 0.29) is 23.8 Å². The smallest absolute Gasteiger partial charge is 0.193 e. The molecule has 0 amide bonds. The first-order valence-electron chi connectivity index (χ1n) is 12.2. The minimum Gasteiger partial charge on any atom is -0.407 e. The highest BCUT2D eigenvalue weighted by atomic mass is 28.4. The highest BCUT2D eigenvalue weighted by Crippen LogP contribution is 2.43. The second kappa shape index (κ2) is 12.2. The molecule has 2 rings (SSSR count). The number of benzene rings is 2. The minimum atomic E-state index is -2.02. The Morgan fingerprint density at radius 1 is 0.531 bits per heavy atom. The second-order valence-electron chi connectivity index (χ2n) is 8.67. The SMILES string of the molecule is CC[Si](CC)(CC)OC(c1ccc(F)cc1)C(O[Si](CC)(CC)CC)c1ccc(F)cc1. The molecule has 0 aliphatic rings. The average molecular weight is 479 g/mol. The summed E-state index contributed by atoms with van der Waals surface area (Å²) in [5.74, 6) is -0.535. The monoisotopic (exact) mass is 478 g/mol. The first-order valence-corrected chi connectivity index (χ1v) is 17.2. The van der Waals surface area contributed by atoms with E-state index in [9.17, 15) is 8.78 Å². The highest BCUT2D eigenvalue weighted by Gasteiger charge is 2.41. The quantitative estimate of drug-likeness (QED) is 0.268. The third-order valence-corrected chi connectivity index (χ3v) is 16.5. The molecular formula is C26H40F2O2Si2. The number of hydrogen-bond acceptors (Lipinski definition) is 2. The third-order valence-electron chi connectivity index (χ3n) is 7.29. The number of rotatable bonds is 13. The van der Waals surface area contributed by atoms with Gasteiger partial charge in [-0.25, -0.2) is 8.78 Å². The van der Waals surface area contributed by atoms with Crippen LogP contribution in [0.2, 0.25) is 36.3 Å². The zero-order chi connectivity index (χ0) is 23.8. The van der Waals surface area contributed by atoms with Crippen LogP contribution in [0.15, 0.2) is 48.5 Å². The van der Waals surface area contributed by atoms with Gasteiger partial charge in [0, 0.05) is 0 Å². The van der Waals surface area contributed by atoms with Crippen LogP contribution < -0.4 is 0 Å². The summed E-state index contributed by atoms with van der Waals surface area (Å²) in [6.07, 6.45) is -0.715. The van der Waals surface area contributed by atoms with Gasteiger partial charge in [0.25, 0.3) is 0 Å². The normalized spacial score (nSPS) is 14.4. The third kappa shape index (κ3) is 6.37. The maximum atomic E-state index is 13.8. The van der Waals surface area contributed by atoms with Gasteiger partial charge < -0.3 is 8.85 Å². The van der Waals surface area contributed by atoms with Gasteiger partial charge in [-0.1, -0.05) is 65.8 Å². The van der Waals surface area contributed by atoms with Gasteiger partial charge in [0.1, 0.15) is 11.6 Å². The molecule has 0 aliphatic heterocycles. The van der Waals surface area contributed by atoms with Crippen molar-refractivity contribution >= 4 is 16.6 Å². The molecule has 0 aliphatic carbocycles. The van der Waals surface area contributed by atoms with Gasteiger partial charge in [0.2, 0.25) is 0 Å². The molecule has 0 bridgehead atoms. The molecule has 2 nitrogen and oxygen atoms in total. The van der Waals surface area contributed by atoms with Gasteiger partial charge >= 0.3 is 0 Å². The molecule has 0 radical (unpaired) electrons. The van der Waals surface area contributed by atoms with E-state index in [1.54, 1.807) is 0 Å². The largest absolute Gasteiger partial charge is 0.407 e. The number of hydrogen-bond donors (Lipinski definition) is 0. The molecule has 0 saturated heterocycles. The molecule has 0 heterocycles. The van der Waals surface area contributed by atoms with E-state index < -0.39 is 16.6 Å². The van der Waals surface area contributed by atoms with Crippen LogP contribution in [0.3, 0.4) is 0 Å². The average Bonchev–Trinajstić information content (AvgIpc) is 2.84. The lowest BCUT2D eigenvalue weighted by atomic mass is 9.98.